The van der Waals surface area contributed by atoms with Crippen molar-refractivity contribution in [2.75, 3.05) is 11.9 Å². The monoisotopic (exact) mass is 463 g/mol. The van der Waals surface area contributed by atoms with Gasteiger partial charge in [-0.2, -0.15) is 0 Å². The van der Waals surface area contributed by atoms with Gasteiger partial charge in [-0.05, 0) is 36.8 Å². The highest BCUT2D eigenvalue weighted by Crippen LogP contribution is 2.36. The maximum Gasteiger partial charge on any atom is 0.341 e. The van der Waals surface area contributed by atoms with Crippen molar-refractivity contribution in [1.29, 1.82) is 0 Å². The molecule has 0 aliphatic heterocycles. The van der Waals surface area contributed by atoms with Crippen molar-refractivity contribution in [1.82, 2.24) is 0 Å². The maximum absolute atomic E-state index is 12.8. The first kappa shape index (κ1) is 21.9. The molecule has 0 saturated carbocycles. The molecule has 0 aliphatic rings. The molecule has 0 spiro atoms. The Hall–Kier alpha value is -3.29. The van der Waals surface area contributed by atoms with Gasteiger partial charge in [0.15, 0.2) is 5.76 Å². The topological polar surface area (TPSA) is 68.5 Å². The van der Waals surface area contributed by atoms with Gasteiger partial charge in [-0.25, -0.2) is 4.79 Å². The molecule has 7 heteroatoms. The summed E-state index contributed by atoms with van der Waals surface area (Å²) in [5, 5.41) is 5.10. The van der Waals surface area contributed by atoms with Gasteiger partial charge in [-0.1, -0.05) is 48.5 Å². The predicted molar refractivity (Wildman–Crippen MR) is 128 cm³/mol. The number of benzene rings is 2. The van der Waals surface area contributed by atoms with Crippen molar-refractivity contribution in [2.45, 2.75) is 17.6 Å². The molecule has 2 heterocycles. The molecule has 4 aromatic rings. The van der Waals surface area contributed by atoms with Crippen LogP contribution in [0.3, 0.4) is 0 Å². The predicted octanol–water partition coefficient (Wildman–Crippen LogP) is 6.73. The number of amides is 1. The fraction of sp³-hybridized carbons (Fsp3) is 0.120. The number of nitrogens with one attached hydrogen (secondary N) is 1. The molecule has 1 N–H and O–H groups in total. The van der Waals surface area contributed by atoms with E-state index in [0.717, 1.165) is 16.0 Å². The highest BCUT2D eigenvalue weighted by molar-refractivity contribution is 7.98. The SMILES string of the molecule is CCOC(=O)c1c(-c2ccccc2)csc1NC(=O)c1ccc(CSc2ccccc2)o1. The average molecular weight is 464 g/mol. The van der Waals surface area contributed by atoms with E-state index in [0.29, 0.717) is 22.1 Å². The van der Waals surface area contributed by atoms with Gasteiger partial charge in [0.1, 0.15) is 16.3 Å². The molecule has 0 aliphatic carbocycles. The number of esters is 1. The van der Waals surface area contributed by atoms with Crippen LogP contribution in [-0.2, 0) is 10.5 Å². The summed E-state index contributed by atoms with van der Waals surface area (Å²) in [5.41, 5.74) is 1.96. The molecule has 32 heavy (non-hydrogen) atoms. The smallest absolute Gasteiger partial charge is 0.341 e. The molecule has 0 unspecified atom stereocenters. The molecular weight excluding hydrogens is 442 g/mol. The number of thiophene rings is 1. The Bertz CT molecular complexity index is 1200. The van der Waals surface area contributed by atoms with E-state index < -0.39 is 11.9 Å². The normalized spacial score (nSPS) is 10.7. The van der Waals surface area contributed by atoms with E-state index in [2.05, 4.69) is 5.32 Å². The summed E-state index contributed by atoms with van der Waals surface area (Å²) >= 11 is 2.91. The van der Waals surface area contributed by atoms with Crippen LogP contribution in [0, 0.1) is 0 Å². The number of ether oxygens (including phenoxy) is 1. The summed E-state index contributed by atoms with van der Waals surface area (Å²) < 4.78 is 11.0. The Labute approximate surface area is 194 Å². The molecule has 2 aromatic heterocycles. The Morgan fingerprint density at radius 2 is 1.72 bits per heavy atom. The number of hydrogen-bond donors (Lipinski definition) is 1. The first-order valence-electron chi connectivity index (χ1n) is 10.1. The van der Waals surface area contributed by atoms with Crippen LogP contribution in [-0.4, -0.2) is 18.5 Å². The lowest BCUT2D eigenvalue weighted by Gasteiger charge is -2.08. The number of furan rings is 1. The highest BCUT2D eigenvalue weighted by Gasteiger charge is 2.24. The van der Waals surface area contributed by atoms with Crippen LogP contribution in [0.5, 0.6) is 0 Å². The molecule has 5 nitrogen and oxygen atoms in total. The lowest BCUT2D eigenvalue weighted by atomic mass is 10.0. The number of carbonyl (C=O) groups excluding carboxylic acids is 2. The van der Waals surface area contributed by atoms with E-state index in [4.69, 9.17) is 9.15 Å². The fourth-order valence-electron chi connectivity index (χ4n) is 3.10. The van der Waals surface area contributed by atoms with Gasteiger partial charge in [0, 0.05) is 15.8 Å². The molecule has 0 bridgehead atoms. The molecule has 0 atom stereocenters. The van der Waals surface area contributed by atoms with Crippen LogP contribution in [0.1, 0.15) is 33.6 Å². The molecule has 0 radical (unpaired) electrons. The van der Waals surface area contributed by atoms with Crippen LogP contribution in [0.4, 0.5) is 5.00 Å². The van der Waals surface area contributed by atoms with Crippen molar-refractivity contribution in [3.05, 3.63) is 95.3 Å². The Kier molecular flexibility index (Phi) is 7.09. The largest absolute Gasteiger partial charge is 0.462 e. The first-order valence-corrected chi connectivity index (χ1v) is 11.9. The average Bonchev–Trinajstić information content (AvgIpc) is 3.46. The van der Waals surface area contributed by atoms with Crippen LogP contribution in [0.25, 0.3) is 11.1 Å². The Morgan fingerprint density at radius 1 is 1.00 bits per heavy atom. The van der Waals surface area contributed by atoms with Crippen LogP contribution >= 0.6 is 23.1 Å². The minimum atomic E-state index is -0.470. The number of thioether (sulfide) groups is 1. The van der Waals surface area contributed by atoms with Crippen molar-refractivity contribution in [2.24, 2.45) is 0 Å². The second kappa shape index (κ2) is 10.3. The molecule has 2 aromatic carbocycles. The number of rotatable bonds is 8. The molecular formula is C25H21NO4S2. The summed E-state index contributed by atoms with van der Waals surface area (Å²) in [7, 11) is 0. The van der Waals surface area contributed by atoms with Gasteiger partial charge in [-0.15, -0.1) is 23.1 Å². The molecule has 1 amide bonds. The van der Waals surface area contributed by atoms with Crippen LogP contribution < -0.4 is 5.32 Å². The van der Waals surface area contributed by atoms with E-state index in [1.165, 1.54) is 11.3 Å². The van der Waals surface area contributed by atoms with Gasteiger partial charge < -0.3 is 14.5 Å². The van der Waals surface area contributed by atoms with Gasteiger partial charge in [0.2, 0.25) is 0 Å². The molecule has 4 rings (SSSR count). The third kappa shape index (κ3) is 5.12. The highest BCUT2D eigenvalue weighted by atomic mass is 32.2. The van der Waals surface area contributed by atoms with E-state index in [9.17, 15) is 9.59 Å². The van der Waals surface area contributed by atoms with Crippen molar-refractivity contribution < 1.29 is 18.7 Å². The lowest BCUT2D eigenvalue weighted by Crippen LogP contribution is -2.14. The zero-order chi connectivity index (χ0) is 22.3. The van der Waals surface area contributed by atoms with Gasteiger partial charge in [0.05, 0.1) is 12.4 Å². The zero-order valence-corrected chi connectivity index (χ0v) is 19.0. The molecule has 0 saturated heterocycles. The van der Waals surface area contributed by atoms with Crippen LogP contribution in [0.2, 0.25) is 0 Å². The van der Waals surface area contributed by atoms with Gasteiger partial charge in [-0.3, -0.25) is 4.79 Å². The number of carbonyl (C=O) groups is 2. The second-order valence-corrected chi connectivity index (χ2v) is 8.69. The van der Waals surface area contributed by atoms with E-state index in [1.807, 2.05) is 66.0 Å². The number of anilines is 1. The Balaban J connectivity index is 1.51. The van der Waals surface area contributed by atoms with Crippen LogP contribution in [0.15, 0.2) is 87.5 Å². The van der Waals surface area contributed by atoms with E-state index in [-0.39, 0.29) is 12.4 Å². The van der Waals surface area contributed by atoms with Gasteiger partial charge in [0.25, 0.3) is 5.91 Å². The quantitative estimate of drug-likeness (QED) is 0.232. The molecule has 0 fully saturated rings. The summed E-state index contributed by atoms with van der Waals surface area (Å²) in [6.45, 7) is 2.00. The Morgan fingerprint density at radius 3 is 2.44 bits per heavy atom. The minimum Gasteiger partial charge on any atom is -0.462 e. The second-order valence-electron chi connectivity index (χ2n) is 6.76. The third-order valence-electron chi connectivity index (χ3n) is 4.59. The fourth-order valence-corrected chi connectivity index (χ4v) is 4.87. The van der Waals surface area contributed by atoms with Crippen molar-refractivity contribution in [3.8, 4) is 11.1 Å². The van der Waals surface area contributed by atoms with Gasteiger partial charge >= 0.3 is 5.97 Å². The van der Waals surface area contributed by atoms with Crippen molar-refractivity contribution >= 4 is 40.0 Å². The summed E-state index contributed by atoms with van der Waals surface area (Å²) in [6.07, 6.45) is 0. The van der Waals surface area contributed by atoms with E-state index >= 15 is 0 Å². The van der Waals surface area contributed by atoms with E-state index in [1.54, 1.807) is 30.8 Å². The molecule has 162 valence electrons. The zero-order valence-electron chi connectivity index (χ0n) is 17.4. The summed E-state index contributed by atoms with van der Waals surface area (Å²) in [4.78, 5) is 26.6. The first-order chi connectivity index (χ1) is 15.7. The maximum atomic E-state index is 12.8. The lowest BCUT2D eigenvalue weighted by molar-refractivity contribution is 0.0529. The third-order valence-corrected chi connectivity index (χ3v) is 6.52. The standard InChI is InChI=1S/C25H21NO4S2/c1-2-29-25(28)22-20(17-9-5-3-6-10-17)16-32-24(22)26-23(27)21-14-13-18(30-21)15-31-19-11-7-4-8-12-19/h3-14,16H,2,15H2,1H3,(H,26,27). The summed E-state index contributed by atoms with van der Waals surface area (Å²) in [5.74, 6) is 0.627. The summed E-state index contributed by atoms with van der Waals surface area (Å²) in [6, 6.07) is 23.0. The minimum absolute atomic E-state index is 0.193. The number of hydrogen-bond acceptors (Lipinski definition) is 6. The van der Waals surface area contributed by atoms with Crippen molar-refractivity contribution in [3.63, 3.8) is 0 Å².